The Morgan fingerprint density at radius 1 is 1.52 bits per heavy atom. The normalized spacial score (nSPS) is 18.5. The molecule has 21 heavy (non-hydrogen) atoms. The van der Waals surface area contributed by atoms with Crippen LogP contribution in [-0.2, 0) is 0 Å². The van der Waals surface area contributed by atoms with Gasteiger partial charge < -0.3 is 10.2 Å². The summed E-state index contributed by atoms with van der Waals surface area (Å²) in [5.41, 5.74) is 0.397. The van der Waals surface area contributed by atoms with E-state index in [1.807, 2.05) is 6.92 Å². The topological polar surface area (TPSA) is 83.9 Å². The van der Waals surface area contributed by atoms with Crippen molar-refractivity contribution >= 4 is 22.6 Å². The molecule has 0 bridgehead atoms. The Kier molecular flexibility index (Phi) is 4.05. The highest BCUT2D eigenvalue weighted by Gasteiger charge is 2.24. The first-order chi connectivity index (χ1) is 10.2. The van der Waals surface area contributed by atoms with Gasteiger partial charge in [0.05, 0.1) is 0 Å². The van der Waals surface area contributed by atoms with Crippen LogP contribution in [-0.4, -0.2) is 44.4 Å². The molecule has 3 heterocycles. The molecule has 8 heteroatoms. The first-order valence-electron chi connectivity index (χ1n) is 6.84. The number of hydrogen-bond acceptors (Lipinski definition) is 7. The molecule has 0 saturated carbocycles. The number of hydrogen-bond donors (Lipinski definition) is 1. The van der Waals surface area contributed by atoms with Gasteiger partial charge in [0.15, 0.2) is 0 Å². The Labute approximate surface area is 126 Å². The number of nitrogens with one attached hydrogen (secondary N) is 1. The summed E-state index contributed by atoms with van der Waals surface area (Å²) in [5, 5.41) is 3.95. The van der Waals surface area contributed by atoms with E-state index in [0.717, 1.165) is 36.9 Å². The maximum atomic E-state index is 12.1. The lowest BCUT2D eigenvalue weighted by atomic mass is 10.1. The lowest BCUT2D eigenvalue weighted by Crippen LogP contribution is -2.48. The minimum Gasteiger partial charge on any atom is -0.346 e. The van der Waals surface area contributed by atoms with Crippen LogP contribution in [0.15, 0.2) is 18.6 Å². The zero-order chi connectivity index (χ0) is 14.7. The summed E-state index contributed by atoms with van der Waals surface area (Å²) in [5.74, 6) is 0.639. The molecule has 1 fully saturated rings. The molecule has 0 aliphatic carbocycles. The van der Waals surface area contributed by atoms with Crippen molar-refractivity contribution in [3.63, 3.8) is 0 Å². The minimum absolute atomic E-state index is 0.102. The van der Waals surface area contributed by atoms with Crippen LogP contribution in [0.5, 0.6) is 0 Å². The largest absolute Gasteiger partial charge is 0.346 e. The molecule has 1 aliphatic heterocycles. The molecule has 1 N–H and O–H groups in total. The molecule has 1 unspecified atom stereocenters. The van der Waals surface area contributed by atoms with Crippen molar-refractivity contribution in [1.82, 2.24) is 24.6 Å². The van der Waals surface area contributed by atoms with Gasteiger partial charge in [0, 0.05) is 36.9 Å². The Bertz CT molecular complexity index is 616. The molecule has 0 aromatic carbocycles. The molecule has 1 aliphatic rings. The van der Waals surface area contributed by atoms with Crippen LogP contribution in [0.3, 0.4) is 0 Å². The molecule has 1 saturated heterocycles. The van der Waals surface area contributed by atoms with E-state index in [-0.39, 0.29) is 11.9 Å². The van der Waals surface area contributed by atoms with Gasteiger partial charge in [-0.1, -0.05) is 0 Å². The Balaban J connectivity index is 1.63. The second-order valence-electron chi connectivity index (χ2n) is 4.98. The summed E-state index contributed by atoms with van der Waals surface area (Å²) in [6.07, 6.45) is 4.93. The van der Waals surface area contributed by atoms with Crippen LogP contribution >= 0.6 is 11.5 Å². The summed E-state index contributed by atoms with van der Waals surface area (Å²) in [6, 6.07) is 1.72. The van der Waals surface area contributed by atoms with E-state index in [1.165, 1.54) is 17.9 Å². The minimum atomic E-state index is -0.155. The van der Waals surface area contributed by atoms with Crippen molar-refractivity contribution in [1.29, 1.82) is 0 Å². The third-order valence-electron chi connectivity index (χ3n) is 3.36. The number of rotatable bonds is 3. The third-order valence-corrected chi connectivity index (χ3v) is 4.23. The van der Waals surface area contributed by atoms with Gasteiger partial charge in [0.2, 0.25) is 5.13 Å². The molecule has 2 aromatic rings. The maximum absolute atomic E-state index is 12.1. The number of nitrogens with zero attached hydrogens (tertiary/aromatic N) is 5. The standard InChI is InChI=1S/C13H16N6OS/c1-9-16-13(21-18-9)19-6-2-3-10(7-19)17-12(20)11-4-5-14-8-15-11/h4-5,8,10H,2-3,6-7H2,1H3,(H,17,20). The number of amides is 1. The second kappa shape index (κ2) is 6.13. The highest BCUT2D eigenvalue weighted by Crippen LogP contribution is 2.21. The molecule has 0 radical (unpaired) electrons. The fourth-order valence-electron chi connectivity index (χ4n) is 2.37. The van der Waals surface area contributed by atoms with Crippen molar-refractivity contribution in [2.75, 3.05) is 18.0 Å². The first kappa shape index (κ1) is 13.9. The summed E-state index contributed by atoms with van der Waals surface area (Å²) < 4.78 is 4.21. The van der Waals surface area contributed by atoms with Gasteiger partial charge in [0.1, 0.15) is 17.8 Å². The lowest BCUT2D eigenvalue weighted by molar-refractivity contribution is 0.0928. The quantitative estimate of drug-likeness (QED) is 0.912. The number of aromatic nitrogens is 4. The van der Waals surface area contributed by atoms with E-state index in [0.29, 0.717) is 5.69 Å². The Morgan fingerprint density at radius 2 is 2.43 bits per heavy atom. The fourth-order valence-corrected chi connectivity index (χ4v) is 3.08. The summed E-state index contributed by atoms with van der Waals surface area (Å²) in [4.78, 5) is 26.5. The van der Waals surface area contributed by atoms with Crippen molar-refractivity contribution in [3.05, 3.63) is 30.1 Å². The van der Waals surface area contributed by atoms with Crippen LogP contribution in [0, 0.1) is 6.92 Å². The van der Waals surface area contributed by atoms with Crippen molar-refractivity contribution in [2.24, 2.45) is 0 Å². The van der Waals surface area contributed by atoms with E-state index in [2.05, 4.69) is 29.5 Å². The molecule has 2 aromatic heterocycles. The van der Waals surface area contributed by atoms with Gasteiger partial charge in [-0.15, -0.1) is 0 Å². The number of piperidine rings is 1. The number of anilines is 1. The highest BCUT2D eigenvalue weighted by atomic mass is 32.1. The van der Waals surface area contributed by atoms with Crippen LogP contribution in [0.4, 0.5) is 5.13 Å². The number of carbonyl (C=O) groups is 1. The van der Waals surface area contributed by atoms with E-state index in [1.54, 1.807) is 12.3 Å². The third kappa shape index (κ3) is 3.33. The first-order valence-corrected chi connectivity index (χ1v) is 7.62. The van der Waals surface area contributed by atoms with E-state index in [4.69, 9.17) is 0 Å². The molecule has 110 valence electrons. The summed E-state index contributed by atoms with van der Waals surface area (Å²) >= 11 is 1.40. The van der Waals surface area contributed by atoms with Gasteiger partial charge in [-0.05, 0) is 25.8 Å². The SMILES string of the molecule is Cc1nsc(N2CCCC(NC(=O)c3ccncn3)C2)n1. The van der Waals surface area contributed by atoms with Gasteiger partial charge in [0.25, 0.3) is 5.91 Å². The van der Waals surface area contributed by atoms with Gasteiger partial charge in [-0.2, -0.15) is 4.37 Å². The zero-order valence-corrected chi connectivity index (χ0v) is 12.5. The molecular formula is C13H16N6OS. The predicted octanol–water partition coefficient (Wildman–Crippen LogP) is 1.04. The summed E-state index contributed by atoms with van der Waals surface area (Å²) in [7, 11) is 0. The van der Waals surface area contributed by atoms with Crippen LogP contribution in [0.2, 0.25) is 0 Å². The monoisotopic (exact) mass is 304 g/mol. The van der Waals surface area contributed by atoms with Gasteiger partial charge >= 0.3 is 0 Å². The van der Waals surface area contributed by atoms with Gasteiger partial charge in [-0.3, -0.25) is 4.79 Å². The molecule has 7 nitrogen and oxygen atoms in total. The fraction of sp³-hybridized carbons (Fsp3) is 0.462. The molecular weight excluding hydrogens is 288 g/mol. The van der Waals surface area contributed by atoms with Crippen LogP contribution in [0.25, 0.3) is 0 Å². The number of aryl methyl sites for hydroxylation is 1. The average molecular weight is 304 g/mol. The van der Waals surface area contributed by atoms with Crippen molar-refractivity contribution in [3.8, 4) is 0 Å². The van der Waals surface area contributed by atoms with E-state index >= 15 is 0 Å². The van der Waals surface area contributed by atoms with Crippen molar-refractivity contribution < 1.29 is 4.79 Å². The second-order valence-corrected chi connectivity index (χ2v) is 5.71. The van der Waals surface area contributed by atoms with Gasteiger partial charge in [-0.25, -0.2) is 15.0 Å². The highest BCUT2D eigenvalue weighted by molar-refractivity contribution is 7.09. The maximum Gasteiger partial charge on any atom is 0.270 e. The molecule has 0 spiro atoms. The summed E-state index contributed by atoms with van der Waals surface area (Å²) in [6.45, 7) is 3.60. The smallest absolute Gasteiger partial charge is 0.270 e. The molecule has 1 atom stereocenters. The van der Waals surface area contributed by atoms with E-state index < -0.39 is 0 Å². The lowest BCUT2D eigenvalue weighted by Gasteiger charge is -2.32. The van der Waals surface area contributed by atoms with Crippen LogP contribution < -0.4 is 10.2 Å². The number of carbonyl (C=O) groups excluding carboxylic acids is 1. The molecule has 3 rings (SSSR count). The average Bonchev–Trinajstić information content (AvgIpc) is 2.95. The Morgan fingerprint density at radius 3 is 3.14 bits per heavy atom. The van der Waals surface area contributed by atoms with E-state index in [9.17, 15) is 4.79 Å². The Hall–Kier alpha value is -2.09. The predicted molar refractivity (Wildman–Crippen MR) is 79.4 cm³/mol. The van der Waals surface area contributed by atoms with Crippen molar-refractivity contribution in [2.45, 2.75) is 25.8 Å². The molecule has 1 amide bonds. The zero-order valence-electron chi connectivity index (χ0n) is 11.7. The van der Waals surface area contributed by atoms with Crippen LogP contribution in [0.1, 0.15) is 29.2 Å².